The van der Waals surface area contributed by atoms with Crippen molar-refractivity contribution in [2.75, 3.05) is 0 Å². The molecule has 8 atom stereocenters. The van der Waals surface area contributed by atoms with Crippen molar-refractivity contribution in [3.05, 3.63) is 23.8 Å². The number of epoxide rings is 1. The largest absolute Gasteiger partial charge is 0.477 e. The fourth-order valence-electron chi connectivity index (χ4n) is 5.93. The fraction of sp³-hybridized carbons (Fsp3) is 0.750. The number of rotatable bonds is 1. The molecular weight excluding hydrogens is 416 g/mol. The van der Waals surface area contributed by atoms with Crippen LogP contribution in [0.25, 0.3) is 0 Å². The molecule has 32 heavy (non-hydrogen) atoms. The molecule has 4 fully saturated rings. The predicted octanol–water partition coefficient (Wildman–Crippen LogP) is 2.49. The summed E-state index contributed by atoms with van der Waals surface area (Å²) >= 11 is 0. The molecule has 5 aliphatic rings. The Kier molecular flexibility index (Phi) is 4.52. The van der Waals surface area contributed by atoms with Crippen molar-refractivity contribution < 1.29 is 38.7 Å². The van der Waals surface area contributed by atoms with Crippen molar-refractivity contribution in [2.45, 2.75) is 101 Å². The second kappa shape index (κ2) is 6.51. The van der Waals surface area contributed by atoms with Crippen LogP contribution in [-0.2, 0) is 28.5 Å². The first-order valence-electron chi connectivity index (χ1n) is 11.3. The number of carbonyl (C=O) groups is 2. The van der Waals surface area contributed by atoms with Crippen LogP contribution in [0.5, 0.6) is 0 Å². The molecule has 4 aliphatic heterocycles. The van der Waals surface area contributed by atoms with Crippen molar-refractivity contribution in [3.8, 4) is 0 Å². The molecule has 8 nitrogen and oxygen atoms in total. The van der Waals surface area contributed by atoms with E-state index in [1.165, 1.54) is 0 Å². The number of hydrogen-bond acceptors (Lipinski definition) is 7. The highest BCUT2D eigenvalue weighted by Crippen LogP contribution is 2.67. The third-order valence-corrected chi connectivity index (χ3v) is 8.32. The number of carboxylic acid groups (broad SMARTS) is 1. The summed E-state index contributed by atoms with van der Waals surface area (Å²) in [6.45, 7) is 9.77. The quantitative estimate of drug-likeness (QED) is 0.464. The Balaban J connectivity index is 1.61. The molecule has 0 saturated carbocycles. The summed E-state index contributed by atoms with van der Waals surface area (Å²) < 4.78 is 23.9. The van der Waals surface area contributed by atoms with Crippen molar-refractivity contribution >= 4 is 11.8 Å². The van der Waals surface area contributed by atoms with Gasteiger partial charge in [0.05, 0.1) is 11.7 Å². The number of carbonyl (C=O) groups excluding carboxylic acids is 1. The monoisotopic (exact) mass is 448 g/mol. The van der Waals surface area contributed by atoms with Crippen molar-refractivity contribution in [2.24, 2.45) is 11.3 Å². The molecule has 3 bridgehead atoms. The molecule has 0 radical (unpaired) electrons. The van der Waals surface area contributed by atoms with Gasteiger partial charge in [-0.15, -0.1) is 0 Å². The van der Waals surface area contributed by atoms with E-state index < -0.39 is 52.8 Å². The lowest BCUT2D eigenvalue weighted by atomic mass is 9.71. The zero-order valence-electron chi connectivity index (χ0n) is 19.2. The maximum absolute atomic E-state index is 13.6. The summed E-state index contributed by atoms with van der Waals surface area (Å²) in [6, 6.07) is 0. The van der Waals surface area contributed by atoms with Gasteiger partial charge in [-0.1, -0.05) is 32.1 Å². The zero-order chi connectivity index (χ0) is 23.3. The molecule has 0 aromatic heterocycles. The Morgan fingerprint density at radius 3 is 2.53 bits per heavy atom. The van der Waals surface area contributed by atoms with Gasteiger partial charge in [-0.3, -0.25) is 4.79 Å². The summed E-state index contributed by atoms with van der Waals surface area (Å²) in [7, 11) is 0. The molecule has 5 rings (SSSR count). The van der Waals surface area contributed by atoms with Crippen LogP contribution in [0.3, 0.4) is 0 Å². The van der Waals surface area contributed by atoms with E-state index in [1.807, 2.05) is 13.8 Å². The first-order valence-corrected chi connectivity index (χ1v) is 11.3. The number of carboxylic acids is 1. The van der Waals surface area contributed by atoms with E-state index in [2.05, 4.69) is 32.1 Å². The van der Waals surface area contributed by atoms with Crippen LogP contribution in [0, 0.1) is 11.3 Å². The van der Waals surface area contributed by atoms with Crippen LogP contribution in [0.4, 0.5) is 0 Å². The Hall–Kier alpha value is -1.58. The van der Waals surface area contributed by atoms with E-state index in [0.29, 0.717) is 12.8 Å². The average Bonchev–Trinajstić information content (AvgIpc) is 3.37. The molecule has 0 aromatic rings. The Morgan fingerprint density at radius 1 is 1.12 bits per heavy atom. The van der Waals surface area contributed by atoms with E-state index in [4.69, 9.17) is 18.9 Å². The minimum Gasteiger partial charge on any atom is -0.477 e. The fourth-order valence-corrected chi connectivity index (χ4v) is 5.93. The lowest BCUT2D eigenvalue weighted by Gasteiger charge is -2.42. The number of aliphatic hydroxyl groups is 1. The van der Waals surface area contributed by atoms with Gasteiger partial charge in [0.2, 0.25) is 12.1 Å². The molecule has 176 valence electrons. The molecule has 8 unspecified atom stereocenters. The number of aliphatic hydroxyl groups excluding tert-OH is 1. The SMILES string of the molecule is CC1=CCC(C)(C)C=CCC2(C)OC3OC4(C(=O)O)OC(CC2CC1O)(C3=O)C1(C)OC41. The number of ketones is 1. The molecule has 0 amide bonds. The molecule has 8 heteroatoms. The molecule has 1 spiro atoms. The summed E-state index contributed by atoms with van der Waals surface area (Å²) in [4.78, 5) is 25.8. The summed E-state index contributed by atoms with van der Waals surface area (Å²) in [5.74, 6) is -4.15. The lowest BCUT2D eigenvalue weighted by molar-refractivity contribution is -0.350. The third kappa shape index (κ3) is 2.80. The zero-order valence-corrected chi connectivity index (χ0v) is 19.2. The second-order valence-electron chi connectivity index (χ2n) is 11.2. The Labute approximate surface area is 187 Å². The highest BCUT2D eigenvalue weighted by molar-refractivity contribution is 5.97. The van der Waals surface area contributed by atoms with E-state index in [-0.39, 0.29) is 17.8 Å². The summed E-state index contributed by atoms with van der Waals surface area (Å²) in [5.41, 5.74) is -2.73. The lowest BCUT2D eigenvalue weighted by Crippen LogP contribution is -2.64. The number of fused-ring (bicyclic) bond motifs is 5. The predicted molar refractivity (Wildman–Crippen MR) is 111 cm³/mol. The molecule has 0 aromatic carbocycles. The maximum Gasteiger partial charge on any atom is 0.367 e. The second-order valence-corrected chi connectivity index (χ2v) is 11.2. The molecule has 1 aliphatic carbocycles. The van der Waals surface area contributed by atoms with Crippen molar-refractivity contribution in [1.82, 2.24) is 0 Å². The van der Waals surface area contributed by atoms with Gasteiger partial charge in [-0.2, -0.15) is 0 Å². The molecule has 4 saturated heterocycles. The number of allylic oxidation sites excluding steroid dienone is 2. The van der Waals surface area contributed by atoms with Gasteiger partial charge >= 0.3 is 11.8 Å². The Morgan fingerprint density at radius 2 is 1.84 bits per heavy atom. The smallest absolute Gasteiger partial charge is 0.367 e. The van der Waals surface area contributed by atoms with Crippen LogP contribution in [0.1, 0.15) is 60.3 Å². The van der Waals surface area contributed by atoms with Gasteiger partial charge in [-0.25, -0.2) is 4.79 Å². The topological polar surface area (TPSA) is 115 Å². The van der Waals surface area contributed by atoms with Crippen molar-refractivity contribution in [3.63, 3.8) is 0 Å². The average molecular weight is 449 g/mol. The van der Waals surface area contributed by atoms with Crippen LogP contribution in [0.2, 0.25) is 0 Å². The molecule has 2 N–H and O–H groups in total. The number of Topliss-reactive ketones (excluding diaryl/α,β-unsaturated/α-hetero) is 1. The van der Waals surface area contributed by atoms with Gasteiger partial charge in [0.25, 0.3) is 0 Å². The molecular formula is C24H32O8. The standard InChI is InChI=1S/C24H32O8/c1-13-7-10-20(2,3)8-6-9-21(4)14(11-15(13)25)12-23-16(26)17(29-21)30-24(32-23,19(27)28)18-22(23,5)31-18/h6-8,14-15,17-18,25H,9-12H2,1-5H3,(H,27,28). The van der Waals surface area contributed by atoms with E-state index in [0.717, 1.165) is 12.0 Å². The van der Waals surface area contributed by atoms with E-state index in [9.17, 15) is 19.8 Å². The van der Waals surface area contributed by atoms with Crippen molar-refractivity contribution in [1.29, 1.82) is 0 Å². The third-order valence-electron chi connectivity index (χ3n) is 8.32. The van der Waals surface area contributed by atoms with Gasteiger partial charge in [-0.05, 0) is 63.4 Å². The van der Waals surface area contributed by atoms with Gasteiger partial charge in [0, 0.05) is 0 Å². The normalized spacial score (nSPS) is 51.6. The molecule has 4 heterocycles. The highest BCUT2D eigenvalue weighted by atomic mass is 16.9. The van der Waals surface area contributed by atoms with Crippen LogP contribution in [-0.4, -0.2) is 63.1 Å². The van der Waals surface area contributed by atoms with Gasteiger partial charge < -0.3 is 29.2 Å². The summed E-state index contributed by atoms with van der Waals surface area (Å²) in [5, 5.41) is 21.0. The van der Waals surface area contributed by atoms with Gasteiger partial charge in [0.1, 0.15) is 5.60 Å². The maximum atomic E-state index is 13.6. The van der Waals surface area contributed by atoms with Gasteiger partial charge in [0.15, 0.2) is 11.7 Å². The first-order chi connectivity index (χ1) is 14.8. The number of aliphatic carboxylic acids is 1. The number of hydrogen-bond donors (Lipinski definition) is 2. The number of ether oxygens (including phenoxy) is 4. The summed E-state index contributed by atoms with van der Waals surface area (Å²) in [6.07, 6.45) is 5.06. The Bertz CT molecular complexity index is 938. The minimum atomic E-state index is -2.07. The highest BCUT2D eigenvalue weighted by Gasteiger charge is 2.90. The van der Waals surface area contributed by atoms with E-state index in [1.54, 1.807) is 6.92 Å². The van der Waals surface area contributed by atoms with Crippen LogP contribution < -0.4 is 0 Å². The van der Waals surface area contributed by atoms with Crippen LogP contribution in [0.15, 0.2) is 23.8 Å². The van der Waals surface area contributed by atoms with E-state index >= 15 is 0 Å². The first kappa shape index (κ1) is 22.2. The minimum absolute atomic E-state index is 0.110. The van der Waals surface area contributed by atoms with Crippen LogP contribution >= 0.6 is 0 Å².